The van der Waals surface area contributed by atoms with Crippen molar-refractivity contribution in [1.29, 1.82) is 0 Å². The summed E-state index contributed by atoms with van der Waals surface area (Å²) in [7, 11) is 0. The van der Waals surface area contributed by atoms with Crippen LogP contribution in [0.3, 0.4) is 0 Å². The molecule has 130 valence electrons. The van der Waals surface area contributed by atoms with E-state index in [0.717, 1.165) is 37.7 Å². The van der Waals surface area contributed by atoms with Crippen LogP contribution < -0.4 is 5.73 Å². The Bertz CT molecular complexity index is 710. The Morgan fingerprint density at radius 1 is 0.880 bits per heavy atom. The Labute approximate surface area is 155 Å². The van der Waals surface area contributed by atoms with Gasteiger partial charge in [-0.15, -0.1) is 0 Å². The van der Waals surface area contributed by atoms with Crippen molar-refractivity contribution in [3.05, 3.63) is 70.7 Å². The molecule has 0 radical (unpaired) electrons. The van der Waals surface area contributed by atoms with Crippen LogP contribution >= 0.6 is 11.6 Å². The lowest BCUT2D eigenvalue weighted by Crippen LogP contribution is -2.47. The third-order valence-corrected chi connectivity index (χ3v) is 4.85. The van der Waals surface area contributed by atoms with Gasteiger partial charge in [-0.1, -0.05) is 65.9 Å². The molecule has 1 aliphatic rings. The highest BCUT2D eigenvalue weighted by atomic mass is 35.5. The van der Waals surface area contributed by atoms with Crippen LogP contribution in [0.2, 0.25) is 5.02 Å². The first kappa shape index (κ1) is 18.0. The van der Waals surface area contributed by atoms with Gasteiger partial charge < -0.3 is 5.73 Å². The van der Waals surface area contributed by atoms with Gasteiger partial charge in [0.2, 0.25) is 0 Å². The minimum absolute atomic E-state index is 0.260. The summed E-state index contributed by atoms with van der Waals surface area (Å²) in [5.41, 5.74) is 8.04. The molecule has 4 heteroatoms. The monoisotopic (exact) mass is 353 g/mol. The average Bonchev–Trinajstić information content (AvgIpc) is 2.66. The van der Waals surface area contributed by atoms with Gasteiger partial charge in [-0.25, -0.2) is 0 Å². The number of nitrogens with two attached hydrogens (primary N) is 1. The second-order valence-corrected chi connectivity index (χ2v) is 6.67. The minimum atomic E-state index is 0.260. The highest BCUT2D eigenvalue weighted by Gasteiger charge is 2.26. The van der Waals surface area contributed by atoms with Crippen LogP contribution in [0.1, 0.15) is 17.2 Å². The Morgan fingerprint density at radius 3 is 2.16 bits per heavy atom. The van der Waals surface area contributed by atoms with Gasteiger partial charge >= 0.3 is 0 Å². The maximum Gasteiger partial charge on any atom is 0.0602 e. The van der Waals surface area contributed by atoms with E-state index in [2.05, 4.69) is 64.1 Å². The van der Waals surface area contributed by atoms with Crippen LogP contribution in [-0.4, -0.2) is 49.1 Å². The number of rotatable bonds is 4. The largest absolute Gasteiger partial charge is 0.320 e. The molecule has 1 atom stereocenters. The van der Waals surface area contributed by atoms with Gasteiger partial charge in [0.25, 0.3) is 0 Å². The molecule has 1 fully saturated rings. The SMILES string of the molecule is NCC#CCN1CCN(C(c2ccccc2)c2ccc(Cl)cc2)CC1. The van der Waals surface area contributed by atoms with E-state index in [1.807, 2.05) is 12.1 Å². The number of benzene rings is 2. The summed E-state index contributed by atoms with van der Waals surface area (Å²) in [5, 5.41) is 0.777. The molecule has 2 N–H and O–H groups in total. The van der Waals surface area contributed by atoms with Gasteiger partial charge in [-0.05, 0) is 23.3 Å². The molecular weight excluding hydrogens is 330 g/mol. The molecular formula is C21H24ClN3. The molecule has 3 nitrogen and oxygen atoms in total. The molecule has 0 aromatic heterocycles. The number of nitrogens with zero attached hydrogens (tertiary/aromatic N) is 2. The third kappa shape index (κ3) is 4.84. The summed E-state index contributed by atoms with van der Waals surface area (Å²) in [6.07, 6.45) is 0. The lowest BCUT2D eigenvalue weighted by atomic mass is 9.96. The fourth-order valence-corrected chi connectivity index (χ4v) is 3.44. The van der Waals surface area contributed by atoms with Crippen molar-refractivity contribution in [2.75, 3.05) is 39.3 Å². The Balaban J connectivity index is 1.76. The van der Waals surface area contributed by atoms with Crippen molar-refractivity contribution < 1.29 is 0 Å². The Morgan fingerprint density at radius 2 is 1.52 bits per heavy atom. The molecule has 0 amide bonds. The Kier molecular flexibility index (Phi) is 6.49. The van der Waals surface area contributed by atoms with Crippen molar-refractivity contribution >= 4 is 11.6 Å². The second kappa shape index (κ2) is 9.03. The molecule has 0 spiro atoms. The highest BCUT2D eigenvalue weighted by Crippen LogP contribution is 2.30. The normalized spacial score (nSPS) is 16.9. The maximum atomic E-state index is 6.09. The highest BCUT2D eigenvalue weighted by molar-refractivity contribution is 6.30. The first-order valence-corrected chi connectivity index (χ1v) is 9.08. The van der Waals surface area contributed by atoms with Crippen LogP contribution in [0.4, 0.5) is 0 Å². The first-order valence-electron chi connectivity index (χ1n) is 8.70. The average molecular weight is 354 g/mol. The van der Waals surface area contributed by atoms with Gasteiger partial charge in [-0.3, -0.25) is 9.80 Å². The zero-order chi connectivity index (χ0) is 17.5. The molecule has 0 bridgehead atoms. The number of hydrogen-bond acceptors (Lipinski definition) is 3. The zero-order valence-electron chi connectivity index (χ0n) is 14.4. The quantitative estimate of drug-likeness (QED) is 0.858. The topological polar surface area (TPSA) is 32.5 Å². The van der Waals surface area contributed by atoms with Gasteiger partial charge in [0.15, 0.2) is 0 Å². The van der Waals surface area contributed by atoms with E-state index in [9.17, 15) is 0 Å². The summed E-state index contributed by atoms with van der Waals surface area (Å²) < 4.78 is 0. The molecule has 1 aliphatic heterocycles. The lowest BCUT2D eigenvalue weighted by molar-refractivity contribution is 0.119. The molecule has 0 aliphatic carbocycles. The molecule has 1 heterocycles. The first-order chi connectivity index (χ1) is 12.3. The summed E-state index contributed by atoms with van der Waals surface area (Å²) >= 11 is 6.09. The maximum absolute atomic E-state index is 6.09. The van der Waals surface area contributed by atoms with E-state index >= 15 is 0 Å². The summed E-state index contributed by atoms with van der Waals surface area (Å²) in [6, 6.07) is 19.2. The Hall–Kier alpha value is -1.83. The summed E-state index contributed by atoms with van der Waals surface area (Å²) in [6.45, 7) is 5.33. The molecule has 2 aromatic rings. The van der Waals surface area contributed by atoms with E-state index in [1.165, 1.54) is 11.1 Å². The predicted molar refractivity (Wildman–Crippen MR) is 105 cm³/mol. The van der Waals surface area contributed by atoms with Crippen LogP contribution in [0.15, 0.2) is 54.6 Å². The van der Waals surface area contributed by atoms with Crippen molar-refractivity contribution in [2.24, 2.45) is 5.73 Å². The summed E-state index contributed by atoms with van der Waals surface area (Å²) in [5.74, 6) is 6.08. The van der Waals surface area contributed by atoms with Crippen LogP contribution in [0, 0.1) is 11.8 Å². The van der Waals surface area contributed by atoms with E-state index in [0.29, 0.717) is 6.54 Å². The van der Waals surface area contributed by atoms with Crippen LogP contribution in [-0.2, 0) is 0 Å². The van der Waals surface area contributed by atoms with Crippen molar-refractivity contribution in [3.63, 3.8) is 0 Å². The fourth-order valence-electron chi connectivity index (χ4n) is 3.31. The molecule has 0 saturated carbocycles. The molecule has 3 rings (SSSR count). The molecule has 1 unspecified atom stereocenters. The minimum Gasteiger partial charge on any atom is -0.320 e. The predicted octanol–water partition coefficient (Wildman–Crippen LogP) is 3.01. The molecule has 1 saturated heterocycles. The van der Waals surface area contributed by atoms with Gasteiger partial charge in [0, 0.05) is 31.2 Å². The third-order valence-electron chi connectivity index (χ3n) is 4.60. The summed E-state index contributed by atoms with van der Waals surface area (Å²) in [4.78, 5) is 4.94. The smallest absolute Gasteiger partial charge is 0.0602 e. The van der Waals surface area contributed by atoms with Gasteiger partial charge in [-0.2, -0.15) is 0 Å². The van der Waals surface area contributed by atoms with Crippen molar-refractivity contribution in [3.8, 4) is 11.8 Å². The number of halogens is 1. The van der Waals surface area contributed by atoms with Gasteiger partial charge in [0.05, 0.1) is 19.1 Å². The number of hydrogen-bond donors (Lipinski definition) is 1. The van der Waals surface area contributed by atoms with Crippen LogP contribution in [0.25, 0.3) is 0 Å². The van der Waals surface area contributed by atoms with E-state index in [4.69, 9.17) is 17.3 Å². The van der Waals surface area contributed by atoms with E-state index in [-0.39, 0.29) is 6.04 Å². The van der Waals surface area contributed by atoms with Crippen molar-refractivity contribution in [2.45, 2.75) is 6.04 Å². The second-order valence-electron chi connectivity index (χ2n) is 6.23. The van der Waals surface area contributed by atoms with Gasteiger partial charge in [0.1, 0.15) is 0 Å². The lowest BCUT2D eigenvalue weighted by Gasteiger charge is -2.39. The zero-order valence-corrected chi connectivity index (χ0v) is 15.1. The van der Waals surface area contributed by atoms with E-state index < -0.39 is 0 Å². The van der Waals surface area contributed by atoms with E-state index in [1.54, 1.807) is 0 Å². The fraction of sp³-hybridized carbons (Fsp3) is 0.333. The molecule has 2 aromatic carbocycles. The van der Waals surface area contributed by atoms with Crippen molar-refractivity contribution in [1.82, 2.24) is 9.80 Å². The standard InChI is InChI=1S/C21H24ClN3/c22-20-10-8-19(9-11-20)21(18-6-2-1-3-7-18)25-16-14-24(15-17-25)13-5-4-12-23/h1-3,6-11,21H,12-17,23H2. The number of piperazine rings is 1. The molecule has 25 heavy (non-hydrogen) atoms. The van der Waals surface area contributed by atoms with Crippen LogP contribution in [0.5, 0.6) is 0 Å².